The van der Waals surface area contributed by atoms with Crippen molar-refractivity contribution in [2.45, 2.75) is 13.0 Å². The third-order valence-corrected chi connectivity index (χ3v) is 2.06. The molecule has 106 valence electrons. The Morgan fingerprint density at radius 2 is 1.83 bits per heavy atom. The summed E-state index contributed by atoms with van der Waals surface area (Å²) in [6, 6.07) is -0.788. The zero-order valence-electron chi connectivity index (χ0n) is 11.3. The van der Waals surface area contributed by atoms with Crippen LogP contribution in [0.15, 0.2) is 0 Å². The van der Waals surface area contributed by atoms with Gasteiger partial charge in [-0.05, 0) is 14.1 Å². The monoisotopic (exact) mass is 261 g/mol. The molecule has 7 heteroatoms. The zero-order valence-corrected chi connectivity index (χ0v) is 11.3. The molecule has 0 aliphatic heterocycles. The van der Waals surface area contributed by atoms with Gasteiger partial charge in [0.1, 0.15) is 6.04 Å². The van der Waals surface area contributed by atoms with Gasteiger partial charge in [0, 0.05) is 13.5 Å². The molecule has 0 aromatic carbocycles. The van der Waals surface area contributed by atoms with Crippen molar-refractivity contribution in [2.75, 3.05) is 47.1 Å². The van der Waals surface area contributed by atoms with Crippen molar-refractivity contribution in [1.29, 1.82) is 0 Å². The molecule has 7 nitrogen and oxygen atoms in total. The molecule has 2 amide bonds. The summed E-state index contributed by atoms with van der Waals surface area (Å²) in [6.07, 6.45) is 0. The highest BCUT2D eigenvalue weighted by Crippen LogP contribution is 1.87. The van der Waals surface area contributed by atoms with E-state index in [0.717, 1.165) is 6.54 Å². The number of rotatable bonds is 10. The molecule has 0 radical (unpaired) electrons. The number of carbonyl (C=O) groups is 2. The van der Waals surface area contributed by atoms with Gasteiger partial charge in [-0.15, -0.1) is 0 Å². The van der Waals surface area contributed by atoms with E-state index in [1.807, 2.05) is 19.0 Å². The standard InChI is InChI=1S/C11H23N3O4/c1-9(15)13-10(11(12)16)8-18-7-6-17-5-4-14(2)3/h10H,4-8H2,1-3H3,(H2,12,16)(H,13,15). The predicted molar refractivity (Wildman–Crippen MR) is 67.0 cm³/mol. The lowest BCUT2D eigenvalue weighted by Crippen LogP contribution is -2.46. The number of nitrogens with one attached hydrogen (secondary N) is 1. The largest absolute Gasteiger partial charge is 0.378 e. The van der Waals surface area contributed by atoms with Crippen molar-refractivity contribution in [3.05, 3.63) is 0 Å². The molecule has 0 aromatic rings. The fourth-order valence-corrected chi connectivity index (χ4v) is 1.11. The summed E-state index contributed by atoms with van der Waals surface area (Å²) >= 11 is 0. The number of nitrogens with two attached hydrogens (primary N) is 1. The second-order valence-corrected chi connectivity index (χ2v) is 4.15. The van der Waals surface area contributed by atoms with E-state index in [9.17, 15) is 9.59 Å². The molecule has 0 spiro atoms. The Bertz CT molecular complexity index is 259. The van der Waals surface area contributed by atoms with E-state index in [1.54, 1.807) is 0 Å². The molecule has 0 fully saturated rings. The molecular weight excluding hydrogens is 238 g/mol. The lowest BCUT2D eigenvalue weighted by atomic mass is 10.3. The summed E-state index contributed by atoms with van der Waals surface area (Å²) in [6.45, 7) is 3.65. The topological polar surface area (TPSA) is 93.9 Å². The number of likely N-dealkylation sites (N-methyl/N-ethyl adjacent to an activating group) is 1. The van der Waals surface area contributed by atoms with Crippen molar-refractivity contribution in [1.82, 2.24) is 10.2 Å². The first-order chi connectivity index (χ1) is 8.43. The molecule has 1 unspecified atom stereocenters. The van der Waals surface area contributed by atoms with E-state index >= 15 is 0 Å². The molecule has 0 saturated heterocycles. The molecule has 0 bridgehead atoms. The van der Waals surface area contributed by atoms with Crippen LogP contribution in [-0.4, -0.2) is 69.8 Å². The minimum Gasteiger partial charge on any atom is -0.378 e. The van der Waals surface area contributed by atoms with Crippen LogP contribution in [-0.2, 0) is 19.1 Å². The summed E-state index contributed by atoms with van der Waals surface area (Å²) in [4.78, 5) is 23.8. The molecule has 0 rings (SSSR count). The molecular formula is C11H23N3O4. The number of primary amides is 1. The lowest BCUT2D eigenvalue weighted by molar-refractivity contribution is -0.127. The first kappa shape index (κ1) is 16.8. The van der Waals surface area contributed by atoms with E-state index in [4.69, 9.17) is 15.2 Å². The lowest BCUT2D eigenvalue weighted by Gasteiger charge is -2.14. The van der Waals surface area contributed by atoms with Crippen LogP contribution in [0.5, 0.6) is 0 Å². The highest BCUT2D eigenvalue weighted by atomic mass is 16.5. The second-order valence-electron chi connectivity index (χ2n) is 4.15. The Morgan fingerprint density at radius 3 is 2.33 bits per heavy atom. The SMILES string of the molecule is CC(=O)NC(COCCOCCN(C)C)C(N)=O. The van der Waals surface area contributed by atoms with Crippen molar-refractivity contribution in [2.24, 2.45) is 5.73 Å². The van der Waals surface area contributed by atoms with Gasteiger partial charge < -0.3 is 25.4 Å². The van der Waals surface area contributed by atoms with Gasteiger partial charge in [0.25, 0.3) is 0 Å². The normalized spacial score (nSPS) is 12.4. The maximum Gasteiger partial charge on any atom is 0.242 e. The fourth-order valence-electron chi connectivity index (χ4n) is 1.11. The van der Waals surface area contributed by atoms with Gasteiger partial charge in [-0.25, -0.2) is 0 Å². The zero-order chi connectivity index (χ0) is 14.0. The molecule has 0 saturated carbocycles. The van der Waals surface area contributed by atoms with Gasteiger partial charge in [0.2, 0.25) is 11.8 Å². The van der Waals surface area contributed by atoms with E-state index in [2.05, 4.69) is 5.32 Å². The van der Waals surface area contributed by atoms with Gasteiger partial charge >= 0.3 is 0 Å². The molecule has 0 heterocycles. The van der Waals surface area contributed by atoms with Gasteiger partial charge in [-0.1, -0.05) is 0 Å². The second kappa shape index (κ2) is 9.81. The van der Waals surface area contributed by atoms with Crippen LogP contribution in [0.3, 0.4) is 0 Å². The van der Waals surface area contributed by atoms with E-state index < -0.39 is 11.9 Å². The quantitative estimate of drug-likeness (QED) is 0.470. The van der Waals surface area contributed by atoms with Crippen LogP contribution in [0.1, 0.15) is 6.92 Å². The van der Waals surface area contributed by atoms with Crippen LogP contribution in [0.25, 0.3) is 0 Å². The molecule has 0 aromatic heterocycles. The van der Waals surface area contributed by atoms with E-state index in [0.29, 0.717) is 19.8 Å². The molecule has 0 aliphatic rings. The maximum absolute atomic E-state index is 11.0. The fraction of sp³-hybridized carbons (Fsp3) is 0.818. The highest BCUT2D eigenvalue weighted by molar-refractivity contribution is 5.85. The van der Waals surface area contributed by atoms with Crippen molar-refractivity contribution in [3.63, 3.8) is 0 Å². The van der Waals surface area contributed by atoms with Crippen molar-refractivity contribution >= 4 is 11.8 Å². The maximum atomic E-state index is 11.0. The molecule has 0 aliphatic carbocycles. The first-order valence-corrected chi connectivity index (χ1v) is 5.80. The van der Waals surface area contributed by atoms with Crippen LogP contribution in [0, 0.1) is 0 Å². The first-order valence-electron chi connectivity index (χ1n) is 5.80. The minimum atomic E-state index is -0.788. The smallest absolute Gasteiger partial charge is 0.242 e. The molecule has 18 heavy (non-hydrogen) atoms. The van der Waals surface area contributed by atoms with E-state index in [1.165, 1.54) is 6.92 Å². The van der Waals surface area contributed by atoms with Crippen LogP contribution in [0.2, 0.25) is 0 Å². The minimum absolute atomic E-state index is 0.0615. The summed E-state index contributed by atoms with van der Waals surface area (Å²) in [5, 5.41) is 2.41. The molecule has 3 N–H and O–H groups in total. The summed E-state index contributed by atoms with van der Waals surface area (Å²) in [5.74, 6) is -0.927. The average Bonchev–Trinajstić information content (AvgIpc) is 2.25. The third kappa shape index (κ3) is 10.0. The summed E-state index contributed by atoms with van der Waals surface area (Å²) in [7, 11) is 3.93. The number of ether oxygens (including phenoxy) is 2. The Morgan fingerprint density at radius 1 is 1.22 bits per heavy atom. The van der Waals surface area contributed by atoms with Crippen LogP contribution >= 0.6 is 0 Å². The predicted octanol–water partition coefficient (Wildman–Crippen LogP) is -1.43. The summed E-state index contributed by atoms with van der Waals surface area (Å²) < 4.78 is 10.5. The highest BCUT2D eigenvalue weighted by Gasteiger charge is 2.15. The number of carbonyl (C=O) groups excluding carboxylic acids is 2. The third-order valence-electron chi connectivity index (χ3n) is 2.06. The van der Waals surface area contributed by atoms with Crippen molar-refractivity contribution in [3.8, 4) is 0 Å². The average molecular weight is 261 g/mol. The Labute approximate surface area is 108 Å². The van der Waals surface area contributed by atoms with Crippen molar-refractivity contribution < 1.29 is 19.1 Å². The Hall–Kier alpha value is -1.18. The number of hydrogen-bond donors (Lipinski definition) is 2. The number of hydrogen-bond acceptors (Lipinski definition) is 5. The van der Waals surface area contributed by atoms with Gasteiger partial charge in [0.15, 0.2) is 0 Å². The molecule has 1 atom stereocenters. The van der Waals surface area contributed by atoms with Crippen LogP contribution < -0.4 is 11.1 Å². The van der Waals surface area contributed by atoms with Crippen LogP contribution in [0.4, 0.5) is 0 Å². The number of nitrogens with zero attached hydrogens (tertiary/aromatic N) is 1. The summed E-state index contributed by atoms with van der Waals surface area (Å²) in [5.41, 5.74) is 5.11. The van der Waals surface area contributed by atoms with Gasteiger partial charge in [-0.2, -0.15) is 0 Å². The van der Waals surface area contributed by atoms with Gasteiger partial charge in [0.05, 0.1) is 26.4 Å². The Balaban J connectivity index is 3.55. The van der Waals surface area contributed by atoms with E-state index in [-0.39, 0.29) is 12.5 Å². The van der Waals surface area contributed by atoms with Gasteiger partial charge in [-0.3, -0.25) is 9.59 Å². The number of amides is 2. The Kier molecular flexibility index (Phi) is 9.17.